The minimum atomic E-state index is -3.98. The lowest BCUT2D eigenvalue weighted by Crippen LogP contribution is -2.75. The lowest BCUT2D eigenvalue weighted by atomic mass is 10.0. The molecule has 2 aliphatic heterocycles. The van der Waals surface area contributed by atoms with Crippen molar-refractivity contribution in [1.82, 2.24) is 10.2 Å². The molecular formula is C20H24N2O8S2. The van der Waals surface area contributed by atoms with Gasteiger partial charge in [-0.05, 0) is 32.2 Å². The van der Waals surface area contributed by atoms with Gasteiger partial charge in [0.1, 0.15) is 23.9 Å². The minimum Gasteiger partial charge on any atom is -0.461 e. The summed E-state index contributed by atoms with van der Waals surface area (Å²) >= 11 is 1.36. The van der Waals surface area contributed by atoms with Crippen LogP contribution in [0.2, 0.25) is 0 Å². The van der Waals surface area contributed by atoms with Crippen LogP contribution in [0.15, 0.2) is 28.8 Å². The molecule has 0 spiro atoms. The first-order chi connectivity index (χ1) is 14.8. The predicted octanol–water partition coefficient (Wildman–Crippen LogP) is 0.531. The Kier molecular flexibility index (Phi) is 6.47. The molecule has 1 aromatic heterocycles. The average Bonchev–Trinajstić information content (AvgIpc) is 3.14. The van der Waals surface area contributed by atoms with Crippen molar-refractivity contribution in [1.29, 1.82) is 0 Å². The third-order valence-electron chi connectivity index (χ3n) is 4.64. The Morgan fingerprint density at radius 2 is 1.97 bits per heavy atom. The van der Waals surface area contributed by atoms with Crippen LogP contribution in [0.25, 0.3) is 0 Å². The molecule has 2 amide bonds. The third-order valence-corrected chi connectivity index (χ3v) is 7.48. The molecule has 1 fully saturated rings. The second-order valence-corrected chi connectivity index (χ2v) is 11.6. The van der Waals surface area contributed by atoms with Gasteiger partial charge in [-0.1, -0.05) is 6.07 Å². The van der Waals surface area contributed by atoms with E-state index in [4.69, 9.17) is 9.47 Å². The van der Waals surface area contributed by atoms with Gasteiger partial charge in [0.25, 0.3) is 5.91 Å². The first-order valence-corrected chi connectivity index (χ1v) is 12.3. The van der Waals surface area contributed by atoms with Crippen LogP contribution in [0.1, 0.15) is 32.6 Å². The Morgan fingerprint density at radius 3 is 2.53 bits per heavy atom. The number of fused-ring (bicyclic) bond motifs is 1. The van der Waals surface area contributed by atoms with E-state index >= 15 is 0 Å². The van der Waals surface area contributed by atoms with Crippen LogP contribution in [-0.4, -0.2) is 66.4 Å². The number of hydrogen-bond donors (Lipinski definition) is 1. The van der Waals surface area contributed by atoms with Crippen molar-refractivity contribution in [3.63, 3.8) is 0 Å². The van der Waals surface area contributed by atoms with Crippen molar-refractivity contribution in [2.45, 2.75) is 51.1 Å². The van der Waals surface area contributed by atoms with E-state index in [-0.39, 0.29) is 17.7 Å². The van der Waals surface area contributed by atoms with Gasteiger partial charge in [0.2, 0.25) is 5.91 Å². The van der Waals surface area contributed by atoms with Crippen molar-refractivity contribution >= 4 is 44.9 Å². The molecule has 12 heteroatoms. The number of nitrogens with one attached hydrogen (secondary N) is 1. The zero-order chi connectivity index (χ0) is 23.8. The van der Waals surface area contributed by atoms with E-state index in [0.717, 1.165) is 16.7 Å². The van der Waals surface area contributed by atoms with Gasteiger partial charge < -0.3 is 14.8 Å². The van der Waals surface area contributed by atoms with E-state index in [9.17, 15) is 27.6 Å². The molecule has 0 aromatic carbocycles. The Hall–Kier alpha value is -2.73. The summed E-state index contributed by atoms with van der Waals surface area (Å²) in [5, 5.41) is 2.83. The van der Waals surface area contributed by atoms with Gasteiger partial charge in [-0.25, -0.2) is 13.2 Å². The van der Waals surface area contributed by atoms with Crippen LogP contribution in [-0.2, 0) is 44.9 Å². The SMILES string of the molecule is CC(=O)OCC1=C(C(=O)OC(C)(C)C)N2C(=O)[C@@H](NC(=O)Cc3cccs3)[C@H]2S(=O)(=O)C1. The number of sulfone groups is 1. The predicted molar refractivity (Wildman–Crippen MR) is 114 cm³/mol. The molecule has 174 valence electrons. The summed E-state index contributed by atoms with van der Waals surface area (Å²) < 4.78 is 36.1. The molecule has 1 saturated heterocycles. The summed E-state index contributed by atoms with van der Waals surface area (Å²) in [4.78, 5) is 50.9. The third kappa shape index (κ3) is 5.01. The van der Waals surface area contributed by atoms with Crippen LogP contribution >= 0.6 is 11.3 Å². The quantitative estimate of drug-likeness (QED) is 0.456. The molecule has 0 saturated carbocycles. The standard InChI is InChI=1S/C20H24N2O8S2/c1-11(23)29-9-12-10-32(27,28)18-15(21-14(24)8-13-6-5-7-31-13)17(25)22(18)16(12)19(26)30-20(2,3)4/h5-7,15,18H,8-10H2,1-4H3,(H,21,24)/t15-,18-/m1/s1. The second kappa shape index (κ2) is 8.66. The highest BCUT2D eigenvalue weighted by atomic mass is 32.2. The molecule has 3 heterocycles. The van der Waals surface area contributed by atoms with E-state index in [1.165, 1.54) is 11.3 Å². The summed E-state index contributed by atoms with van der Waals surface area (Å²) in [6.45, 7) is 5.54. The fourth-order valence-corrected chi connectivity index (χ4v) is 6.14. The Balaban J connectivity index is 1.90. The molecule has 0 unspecified atom stereocenters. The van der Waals surface area contributed by atoms with Crippen LogP contribution in [0.3, 0.4) is 0 Å². The van der Waals surface area contributed by atoms with Gasteiger partial charge in [-0.2, -0.15) is 0 Å². The van der Waals surface area contributed by atoms with Gasteiger partial charge >= 0.3 is 11.9 Å². The maximum Gasteiger partial charge on any atom is 0.355 e. The summed E-state index contributed by atoms with van der Waals surface area (Å²) in [5.41, 5.74) is -1.23. The molecule has 0 radical (unpaired) electrons. The summed E-state index contributed by atoms with van der Waals surface area (Å²) in [7, 11) is -3.98. The average molecular weight is 485 g/mol. The zero-order valence-corrected chi connectivity index (χ0v) is 19.7. The molecular weight excluding hydrogens is 460 g/mol. The van der Waals surface area contributed by atoms with E-state index in [0.29, 0.717) is 0 Å². The lowest BCUT2D eigenvalue weighted by molar-refractivity contribution is -0.159. The first-order valence-electron chi connectivity index (χ1n) is 9.75. The van der Waals surface area contributed by atoms with Crippen molar-refractivity contribution in [2.75, 3.05) is 12.4 Å². The van der Waals surface area contributed by atoms with Crippen molar-refractivity contribution in [2.24, 2.45) is 0 Å². The normalized spacial score (nSPS) is 22.0. The number of β-lactam (4-membered cyclic amide) rings is 1. The topological polar surface area (TPSA) is 136 Å². The highest BCUT2D eigenvalue weighted by molar-refractivity contribution is 7.92. The molecule has 0 aliphatic carbocycles. The van der Waals surface area contributed by atoms with Gasteiger partial charge in [-0.15, -0.1) is 11.3 Å². The maximum absolute atomic E-state index is 12.9. The van der Waals surface area contributed by atoms with Gasteiger partial charge in [0, 0.05) is 17.4 Å². The van der Waals surface area contributed by atoms with Crippen LogP contribution in [0, 0.1) is 0 Å². The fraction of sp³-hybridized carbons (Fsp3) is 0.500. The molecule has 10 nitrogen and oxygen atoms in total. The molecule has 32 heavy (non-hydrogen) atoms. The molecule has 1 N–H and O–H groups in total. The van der Waals surface area contributed by atoms with Crippen LogP contribution in [0.5, 0.6) is 0 Å². The summed E-state index contributed by atoms with van der Waals surface area (Å²) in [6, 6.07) is 2.21. The van der Waals surface area contributed by atoms with Gasteiger partial charge in [0.15, 0.2) is 15.2 Å². The molecule has 3 rings (SSSR count). The summed E-state index contributed by atoms with van der Waals surface area (Å²) in [6.07, 6.45) is 0.000673. The largest absolute Gasteiger partial charge is 0.461 e. The number of ether oxygens (including phenoxy) is 2. The number of esters is 2. The van der Waals surface area contributed by atoms with Gasteiger partial charge in [-0.3, -0.25) is 19.3 Å². The van der Waals surface area contributed by atoms with E-state index in [1.807, 2.05) is 0 Å². The maximum atomic E-state index is 12.9. The number of carbonyl (C=O) groups is 4. The highest BCUT2D eigenvalue weighted by Gasteiger charge is 2.61. The molecule has 2 atom stereocenters. The van der Waals surface area contributed by atoms with Crippen LogP contribution in [0.4, 0.5) is 0 Å². The smallest absolute Gasteiger partial charge is 0.355 e. The molecule has 0 bridgehead atoms. The Labute approximate surface area is 189 Å². The number of hydrogen-bond acceptors (Lipinski definition) is 9. The second-order valence-electron chi connectivity index (χ2n) is 8.44. The van der Waals surface area contributed by atoms with E-state index in [1.54, 1.807) is 38.3 Å². The number of thiophene rings is 1. The van der Waals surface area contributed by atoms with Crippen molar-refractivity contribution in [3.8, 4) is 0 Å². The Morgan fingerprint density at radius 1 is 1.28 bits per heavy atom. The number of nitrogens with zero attached hydrogens (tertiary/aromatic N) is 1. The van der Waals surface area contributed by atoms with E-state index < -0.39 is 63.0 Å². The van der Waals surface area contributed by atoms with Crippen LogP contribution < -0.4 is 5.32 Å². The summed E-state index contributed by atoms with van der Waals surface area (Å²) in [5.74, 6) is -3.45. The number of carbonyl (C=O) groups excluding carboxylic acids is 4. The van der Waals surface area contributed by atoms with E-state index in [2.05, 4.69) is 5.32 Å². The number of amides is 2. The monoisotopic (exact) mass is 484 g/mol. The van der Waals surface area contributed by atoms with Gasteiger partial charge in [0.05, 0.1) is 12.2 Å². The van der Waals surface area contributed by atoms with Crippen molar-refractivity contribution in [3.05, 3.63) is 33.7 Å². The van der Waals surface area contributed by atoms with Crippen molar-refractivity contribution < 1.29 is 37.1 Å². The minimum absolute atomic E-state index is 0.000673. The molecule has 2 aliphatic rings. The lowest BCUT2D eigenvalue weighted by Gasteiger charge is -2.49. The number of rotatable bonds is 6. The molecule has 1 aromatic rings. The zero-order valence-electron chi connectivity index (χ0n) is 18.0. The highest BCUT2D eigenvalue weighted by Crippen LogP contribution is 2.38. The fourth-order valence-electron chi connectivity index (χ4n) is 3.43. The Bertz CT molecular complexity index is 1080. The first kappa shape index (κ1) is 23.9.